The highest BCUT2D eigenvalue weighted by atomic mass is 16.3. The van der Waals surface area contributed by atoms with Gasteiger partial charge in [-0.1, -0.05) is 32.0 Å². The Hall–Kier alpha value is -1.28. The van der Waals surface area contributed by atoms with Gasteiger partial charge in [0, 0.05) is 17.3 Å². The van der Waals surface area contributed by atoms with Crippen LogP contribution < -0.4 is 5.32 Å². The van der Waals surface area contributed by atoms with Gasteiger partial charge in [-0.05, 0) is 32.0 Å². The first-order chi connectivity index (χ1) is 8.13. The molecule has 2 nitrogen and oxygen atoms in total. The minimum absolute atomic E-state index is 0.391. The van der Waals surface area contributed by atoms with Crippen molar-refractivity contribution in [3.63, 3.8) is 0 Å². The van der Waals surface area contributed by atoms with E-state index in [1.165, 1.54) is 10.9 Å². The van der Waals surface area contributed by atoms with Gasteiger partial charge in [0.1, 0.15) is 11.3 Å². The number of para-hydroxylation sites is 1. The van der Waals surface area contributed by atoms with Gasteiger partial charge in [-0.25, -0.2) is 0 Å². The molecule has 0 bridgehead atoms. The summed E-state index contributed by atoms with van der Waals surface area (Å²) < 4.78 is 5.99. The van der Waals surface area contributed by atoms with Crippen molar-refractivity contribution < 1.29 is 4.42 Å². The summed E-state index contributed by atoms with van der Waals surface area (Å²) in [6.07, 6.45) is 0. The maximum Gasteiger partial charge on any atom is 0.137 e. The summed E-state index contributed by atoms with van der Waals surface area (Å²) >= 11 is 0. The van der Waals surface area contributed by atoms with Gasteiger partial charge in [-0.3, -0.25) is 0 Å². The van der Waals surface area contributed by atoms with Gasteiger partial charge in [-0.15, -0.1) is 0 Å². The van der Waals surface area contributed by atoms with Crippen LogP contribution in [0.5, 0.6) is 0 Å². The number of nitrogens with one attached hydrogen (secondary N) is 1. The predicted octanol–water partition coefficient (Wildman–Crippen LogP) is 3.84. The van der Waals surface area contributed by atoms with E-state index in [1.54, 1.807) is 0 Å². The van der Waals surface area contributed by atoms with Crippen LogP contribution >= 0.6 is 0 Å². The molecule has 0 aliphatic rings. The van der Waals surface area contributed by atoms with Crippen molar-refractivity contribution in [3.8, 4) is 0 Å². The normalized spacial score (nSPS) is 15.1. The predicted molar refractivity (Wildman–Crippen MR) is 72.5 cm³/mol. The van der Waals surface area contributed by atoms with Gasteiger partial charge >= 0.3 is 0 Å². The zero-order valence-corrected chi connectivity index (χ0v) is 11.1. The van der Waals surface area contributed by atoms with Crippen LogP contribution in [0, 0.1) is 6.92 Å². The van der Waals surface area contributed by atoms with Gasteiger partial charge in [0.15, 0.2) is 0 Å². The van der Waals surface area contributed by atoms with Gasteiger partial charge in [0.25, 0.3) is 0 Å². The molecule has 2 rings (SSSR count). The summed E-state index contributed by atoms with van der Waals surface area (Å²) in [5, 5.41) is 4.65. The summed E-state index contributed by atoms with van der Waals surface area (Å²) in [6, 6.07) is 8.88. The molecule has 0 spiro atoms. The van der Waals surface area contributed by atoms with Crippen LogP contribution in [0.25, 0.3) is 11.0 Å². The van der Waals surface area contributed by atoms with Crippen molar-refractivity contribution in [3.05, 3.63) is 35.6 Å². The number of hydrogen-bond donors (Lipinski definition) is 1. The van der Waals surface area contributed by atoms with Crippen LogP contribution in [0.1, 0.15) is 38.0 Å². The average molecular weight is 231 g/mol. The molecule has 1 aromatic heterocycles. The Kier molecular flexibility index (Phi) is 3.53. The van der Waals surface area contributed by atoms with Crippen LogP contribution in [-0.4, -0.2) is 12.6 Å². The molecule has 0 aliphatic heterocycles. The van der Waals surface area contributed by atoms with Crippen molar-refractivity contribution in [2.75, 3.05) is 6.54 Å². The van der Waals surface area contributed by atoms with Gasteiger partial charge in [0.2, 0.25) is 0 Å². The Morgan fingerprint density at radius 2 is 2.06 bits per heavy atom. The molecule has 1 aromatic carbocycles. The van der Waals surface area contributed by atoms with Crippen molar-refractivity contribution in [2.24, 2.45) is 0 Å². The van der Waals surface area contributed by atoms with Crippen LogP contribution in [-0.2, 0) is 0 Å². The second-order valence-corrected chi connectivity index (χ2v) is 4.78. The van der Waals surface area contributed by atoms with Gasteiger partial charge in [-0.2, -0.15) is 0 Å². The van der Waals surface area contributed by atoms with E-state index < -0.39 is 0 Å². The van der Waals surface area contributed by atoms with Crippen molar-refractivity contribution >= 4 is 11.0 Å². The SMILES string of the molecule is CCNC(C)C(C)c1cc2cccc(C)c2o1. The second-order valence-electron chi connectivity index (χ2n) is 4.78. The van der Waals surface area contributed by atoms with E-state index in [0.29, 0.717) is 12.0 Å². The fourth-order valence-electron chi connectivity index (χ4n) is 2.20. The zero-order chi connectivity index (χ0) is 12.4. The molecule has 1 heterocycles. The number of fused-ring (bicyclic) bond motifs is 1. The molecule has 0 saturated carbocycles. The summed E-state index contributed by atoms with van der Waals surface area (Å²) in [7, 11) is 0. The number of furan rings is 1. The van der Waals surface area contributed by atoms with E-state index in [4.69, 9.17) is 4.42 Å². The molecule has 0 saturated heterocycles. The smallest absolute Gasteiger partial charge is 0.137 e. The van der Waals surface area contributed by atoms with Gasteiger partial charge in [0.05, 0.1) is 0 Å². The molecule has 1 N–H and O–H groups in total. The van der Waals surface area contributed by atoms with E-state index >= 15 is 0 Å². The fourth-order valence-corrected chi connectivity index (χ4v) is 2.20. The lowest BCUT2D eigenvalue weighted by Gasteiger charge is -2.18. The lowest BCUT2D eigenvalue weighted by atomic mass is 10.0. The molecule has 2 aromatic rings. The molecule has 92 valence electrons. The highest BCUT2D eigenvalue weighted by molar-refractivity contribution is 5.81. The van der Waals surface area contributed by atoms with Crippen molar-refractivity contribution in [1.82, 2.24) is 5.32 Å². The van der Waals surface area contributed by atoms with Crippen LogP contribution in [0.4, 0.5) is 0 Å². The van der Waals surface area contributed by atoms with E-state index in [1.807, 2.05) is 0 Å². The molecule has 0 amide bonds. The van der Waals surface area contributed by atoms with E-state index in [9.17, 15) is 0 Å². The Bertz CT molecular complexity index is 501. The standard InChI is InChI=1S/C15H21NO/c1-5-16-12(4)11(3)14-9-13-8-6-7-10(2)15(13)17-14/h6-9,11-12,16H,5H2,1-4H3. The maximum atomic E-state index is 5.99. The molecule has 0 radical (unpaired) electrons. The first kappa shape index (κ1) is 12.2. The summed E-state index contributed by atoms with van der Waals surface area (Å²) in [4.78, 5) is 0. The number of hydrogen-bond acceptors (Lipinski definition) is 2. The molecule has 17 heavy (non-hydrogen) atoms. The Morgan fingerprint density at radius 3 is 2.71 bits per heavy atom. The maximum absolute atomic E-state index is 5.99. The number of rotatable bonds is 4. The first-order valence-corrected chi connectivity index (χ1v) is 6.36. The van der Waals surface area contributed by atoms with E-state index in [-0.39, 0.29) is 0 Å². The first-order valence-electron chi connectivity index (χ1n) is 6.36. The van der Waals surface area contributed by atoms with Crippen LogP contribution in [0.2, 0.25) is 0 Å². The molecule has 2 heteroatoms. The lowest BCUT2D eigenvalue weighted by Crippen LogP contribution is -2.30. The topological polar surface area (TPSA) is 25.2 Å². The third kappa shape index (κ3) is 2.37. The van der Waals surface area contributed by atoms with Gasteiger partial charge < -0.3 is 9.73 Å². The Labute approximate surface area is 103 Å². The third-order valence-electron chi connectivity index (χ3n) is 3.48. The average Bonchev–Trinajstić information content (AvgIpc) is 2.73. The molecule has 0 aliphatic carbocycles. The summed E-state index contributed by atoms with van der Waals surface area (Å²) in [5.41, 5.74) is 2.23. The summed E-state index contributed by atoms with van der Waals surface area (Å²) in [6.45, 7) is 9.62. The van der Waals surface area contributed by atoms with E-state index in [0.717, 1.165) is 17.9 Å². The van der Waals surface area contributed by atoms with Crippen molar-refractivity contribution in [1.29, 1.82) is 0 Å². The molecule has 2 atom stereocenters. The van der Waals surface area contributed by atoms with Crippen LogP contribution in [0.3, 0.4) is 0 Å². The largest absolute Gasteiger partial charge is 0.460 e. The number of likely N-dealkylation sites (N-methyl/N-ethyl adjacent to an activating group) is 1. The minimum atomic E-state index is 0.391. The second kappa shape index (κ2) is 4.92. The number of benzene rings is 1. The van der Waals surface area contributed by atoms with Crippen molar-refractivity contribution in [2.45, 2.75) is 39.7 Å². The Morgan fingerprint density at radius 1 is 1.29 bits per heavy atom. The third-order valence-corrected chi connectivity index (χ3v) is 3.48. The quantitative estimate of drug-likeness (QED) is 0.864. The lowest BCUT2D eigenvalue weighted by molar-refractivity contribution is 0.422. The van der Waals surface area contributed by atoms with Crippen LogP contribution in [0.15, 0.2) is 28.7 Å². The monoisotopic (exact) mass is 231 g/mol. The highest BCUT2D eigenvalue weighted by Crippen LogP contribution is 2.28. The molecule has 0 fully saturated rings. The minimum Gasteiger partial charge on any atom is -0.460 e. The molecular weight excluding hydrogens is 210 g/mol. The summed E-state index contributed by atoms with van der Waals surface area (Å²) in [5.74, 6) is 1.46. The fraction of sp³-hybridized carbons (Fsp3) is 0.467. The molecular formula is C15H21NO. The Balaban J connectivity index is 2.33. The molecule has 2 unspecified atom stereocenters. The highest BCUT2D eigenvalue weighted by Gasteiger charge is 2.17. The van der Waals surface area contributed by atoms with E-state index in [2.05, 4.69) is 57.3 Å². The number of aryl methyl sites for hydroxylation is 1. The zero-order valence-electron chi connectivity index (χ0n) is 11.1.